The third kappa shape index (κ3) is 3.21. The highest BCUT2D eigenvalue weighted by atomic mass is 32.2. The molecule has 1 aliphatic rings. The molecule has 0 bridgehead atoms. The quantitative estimate of drug-likeness (QED) is 0.849. The maximum Gasteiger partial charge on any atom is 0.123 e. The van der Waals surface area contributed by atoms with Crippen molar-refractivity contribution < 1.29 is 4.39 Å². The summed E-state index contributed by atoms with van der Waals surface area (Å²) in [6, 6.07) is 7.39. The first-order valence-corrected chi connectivity index (χ1v) is 6.38. The minimum absolute atomic E-state index is 0.150. The minimum atomic E-state index is -0.150. The van der Waals surface area contributed by atoms with Crippen LogP contribution in [0.3, 0.4) is 0 Å². The lowest BCUT2D eigenvalue weighted by Crippen LogP contribution is -2.28. The van der Waals surface area contributed by atoms with Crippen molar-refractivity contribution in [2.75, 3.05) is 5.75 Å². The molecule has 0 aromatic heterocycles. The lowest BCUT2D eigenvalue weighted by molar-refractivity contribution is 0.536. The van der Waals surface area contributed by atoms with Gasteiger partial charge in [-0.3, -0.25) is 0 Å². The third-order valence-electron chi connectivity index (χ3n) is 2.68. The summed E-state index contributed by atoms with van der Waals surface area (Å²) >= 11 is 2.01. The van der Waals surface area contributed by atoms with E-state index >= 15 is 0 Å². The van der Waals surface area contributed by atoms with Gasteiger partial charge in [-0.2, -0.15) is 11.8 Å². The van der Waals surface area contributed by atoms with Gasteiger partial charge >= 0.3 is 0 Å². The molecule has 2 unspecified atom stereocenters. The van der Waals surface area contributed by atoms with Crippen LogP contribution in [0.5, 0.6) is 0 Å². The smallest absolute Gasteiger partial charge is 0.123 e. The van der Waals surface area contributed by atoms with Gasteiger partial charge in [0.2, 0.25) is 0 Å². The second-order valence-corrected chi connectivity index (χ2v) is 5.56. The summed E-state index contributed by atoms with van der Waals surface area (Å²) in [5, 5.41) is 4.23. The fourth-order valence-electron chi connectivity index (χ4n) is 1.87. The number of thioether (sulfide) groups is 1. The van der Waals surface area contributed by atoms with Gasteiger partial charge in [-0.15, -0.1) is 0 Å². The van der Waals surface area contributed by atoms with E-state index in [2.05, 4.69) is 12.2 Å². The Hall–Kier alpha value is -0.540. The normalized spacial score (nSPS) is 25.7. The summed E-state index contributed by atoms with van der Waals surface area (Å²) in [4.78, 5) is 0. The molecule has 1 aromatic carbocycles. The fraction of sp³-hybridized carbons (Fsp3) is 0.500. The van der Waals surface area contributed by atoms with Gasteiger partial charge in [0, 0.05) is 23.6 Å². The van der Waals surface area contributed by atoms with Crippen LogP contribution < -0.4 is 5.32 Å². The monoisotopic (exact) mass is 225 g/mol. The maximum atomic E-state index is 12.9. The molecule has 1 saturated heterocycles. The van der Waals surface area contributed by atoms with Gasteiger partial charge in [-0.1, -0.05) is 19.1 Å². The molecule has 1 N–H and O–H groups in total. The molecule has 15 heavy (non-hydrogen) atoms. The summed E-state index contributed by atoms with van der Waals surface area (Å²) in [6.45, 7) is 3.03. The summed E-state index contributed by atoms with van der Waals surface area (Å²) in [5.74, 6) is 1.03. The number of benzene rings is 1. The number of nitrogens with one attached hydrogen (secondary N) is 1. The van der Waals surface area contributed by atoms with Crippen molar-refractivity contribution in [3.05, 3.63) is 35.6 Å². The lowest BCUT2D eigenvalue weighted by Gasteiger charge is -2.11. The van der Waals surface area contributed by atoms with Crippen molar-refractivity contribution in [1.82, 2.24) is 5.32 Å². The van der Waals surface area contributed by atoms with E-state index in [-0.39, 0.29) is 5.82 Å². The Balaban J connectivity index is 1.83. The first-order valence-electron chi connectivity index (χ1n) is 5.33. The van der Waals surface area contributed by atoms with Crippen molar-refractivity contribution in [1.29, 1.82) is 0 Å². The van der Waals surface area contributed by atoms with Crippen molar-refractivity contribution in [2.24, 2.45) is 0 Å². The molecule has 2 rings (SSSR count). The molecule has 0 aliphatic carbocycles. The molecule has 2 atom stereocenters. The summed E-state index contributed by atoms with van der Waals surface area (Å²) < 4.78 is 12.9. The van der Waals surface area contributed by atoms with E-state index in [1.54, 1.807) is 12.1 Å². The van der Waals surface area contributed by atoms with E-state index in [0.29, 0.717) is 6.04 Å². The van der Waals surface area contributed by atoms with E-state index in [0.717, 1.165) is 17.4 Å². The van der Waals surface area contributed by atoms with Crippen molar-refractivity contribution >= 4 is 11.8 Å². The van der Waals surface area contributed by atoms with Gasteiger partial charge in [0.15, 0.2) is 0 Å². The van der Waals surface area contributed by atoms with Gasteiger partial charge in [0.25, 0.3) is 0 Å². The SMILES string of the molecule is CC1CC(NCc2cccc(F)c2)CS1. The average molecular weight is 225 g/mol. The number of rotatable bonds is 3. The van der Waals surface area contributed by atoms with Gasteiger partial charge in [0.05, 0.1) is 0 Å². The molecule has 1 fully saturated rings. The van der Waals surface area contributed by atoms with Crippen LogP contribution in [0.4, 0.5) is 4.39 Å². The Bertz CT molecular complexity index is 329. The van der Waals surface area contributed by atoms with E-state index in [9.17, 15) is 4.39 Å². The zero-order valence-corrected chi connectivity index (χ0v) is 9.69. The molecule has 0 saturated carbocycles. The van der Waals surface area contributed by atoms with Gasteiger partial charge in [0.1, 0.15) is 5.82 Å². The molecule has 82 valence electrons. The van der Waals surface area contributed by atoms with Crippen LogP contribution in [-0.2, 0) is 6.54 Å². The van der Waals surface area contributed by atoms with Crippen LogP contribution in [0.15, 0.2) is 24.3 Å². The largest absolute Gasteiger partial charge is 0.309 e. The first kappa shape index (κ1) is 11.0. The molecular weight excluding hydrogens is 209 g/mol. The molecular formula is C12H16FNS. The van der Waals surface area contributed by atoms with Gasteiger partial charge < -0.3 is 5.32 Å². The average Bonchev–Trinajstić information content (AvgIpc) is 2.62. The summed E-state index contributed by atoms with van der Waals surface area (Å²) in [7, 11) is 0. The van der Waals surface area contributed by atoms with Crippen LogP contribution in [0.1, 0.15) is 18.9 Å². The molecule has 0 radical (unpaired) electrons. The van der Waals surface area contributed by atoms with Crippen LogP contribution in [0.25, 0.3) is 0 Å². The highest BCUT2D eigenvalue weighted by Gasteiger charge is 2.20. The van der Waals surface area contributed by atoms with Crippen molar-refractivity contribution in [3.63, 3.8) is 0 Å². The van der Waals surface area contributed by atoms with Gasteiger partial charge in [-0.05, 0) is 24.1 Å². The Morgan fingerprint density at radius 1 is 1.53 bits per heavy atom. The molecule has 1 aliphatic heterocycles. The zero-order chi connectivity index (χ0) is 10.7. The summed E-state index contributed by atoms with van der Waals surface area (Å²) in [6.07, 6.45) is 1.22. The van der Waals surface area contributed by atoms with Crippen LogP contribution >= 0.6 is 11.8 Å². The predicted molar refractivity (Wildman–Crippen MR) is 63.6 cm³/mol. The molecule has 1 nitrogen and oxygen atoms in total. The Kier molecular flexibility index (Phi) is 3.65. The number of hydrogen-bond acceptors (Lipinski definition) is 2. The standard InChI is InChI=1S/C12H16FNS/c1-9-5-12(8-15-9)14-7-10-3-2-4-11(13)6-10/h2-4,6,9,12,14H,5,7-8H2,1H3. The topological polar surface area (TPSA) is 12.0 Å². The highest BCUT2D eigenvalue weighted by molar-refractivity contribution is 8.00. The number of hydrogen-bond donors (Lipinski definition) is 1. The Labute approximate surface area is 94.5 Å². The number of halogens is 1. The first-order chi connectivity index (χ1) is 7.24. The Morgan fingerprint density at radius 2 is 2.40 bits per heavy atom. The maximum absolute atomic E-state index is 12.9. The Morgan fingerprint density at radius 3 is 3.07 bits per heavy atom. The van der Waals surface area contributed by atoms with Crippen molar-refractivity contribution in [2.45, 2.75) is 31.2 Å². The summed E-state index contributed by atoms with van der Waals surface area (Å²) in [5.41, 5.74) is 1.03. The second-order valence-electron chi connectivity index (χ2n) is 4.09. The highest BCUT2D eigenvalue weighted by Crippen LogP contribution is 2.26. The molecule has 0 amide bonds. The molecule has 1 heterocycles. The molecule has 0 spiro atoms. The fourth-order valence-corrected chi connectivity index (χ4v) is 3.05. The molecule has 3 heteroatoms. The lowest BCUT2D eigenvalue weighted by atomic mass is 10.1. The van der Waals surface area contributed by atoms with E-state index in [1.807, 2.05) is 17.8 Å². The van der Waals surface area contributed by atoms with Gasteiger partial charge in [-0.25, -0.2) is 4.39 Å². The second kappa shape index (κ2) is 4.99. The van der Waals surface area contributed by atoms with Crippen LogP contribution in [-0.4, -0.2) is 17.0 Å². The van der Waals surface area contributed by atoms with Crippen molar-refractivity contribution in [3.8, 4) is 0 Å². The molecule has 1 aromatic rings. The van der Waals surface area contributed by atoms with E-state index in [1.165, 1.54) is 18.2 Å². The van der Waals surface area contributed by atoms with E-state index in [4.69, 9.17) is 0 Å². The minimum Gasteiger partial charge on any atom is -0.309 e. The van der Waals surface area contributed by atoms with Crippen LogP contribution in [0.2, 0.25) is 0 Å². The zero-order valence-electron chi connectivity index (χ0n) is 8.87. The van der Waals surface area contributed by atoms with E-state index < -0.39 is 0 Å². The van der Waals surface area contributed by atoms with Crippen LogP contribution in [0, 0.1) is 5.82 Å². The predicted octanol–water partition coefficient (Wildman–Crippen LogP) is 2.81. The third-order valence-corrected chi connectivity index (χ3v) is 4.04.